The van der Waals surface area contributed by atoms with Crippen molar-refractivity contribution in [2.24, 2.45) is 0 Å². The van der Waals surface area contributed by atoms with Gasteiger partial charge >= 0.3 is 5.97 Å². The molecule has 2 aromatic rings. The van der Waals surface area contributed by atoms with Crippen molar-refractivity contribution in [2.75, 3.05) is 6.61 Å². The molecule has 0 aliphatic heterocycles. The zero-order valence-electron chi connectivity index (χ0n) is 9.41. The first-order chi connectivity index (χ1) is 8.65. The number of hydrogen-bond donors (Lipinski definition) is 1. The van der Waals surface area contributed by atoms with Crippen LogP contribution in [0.2, 0.25) is 5.02 Å². The standard InChI is InChI=1S/C12H11ClN2O3/c13-9-1-3-10(4-2-9)15-8-11(7-14-15)18-6-5-12(16)17/h1-4,7-8H,5-6H2,(H,16,17). The van der Waals surface area contributed by atoms with E-state index in [4.69, 9.17) is 21.4 Å². The first-order valence-corrected chi connectivity index (χ1v) is 5.68. The van der Waals surface area contributed by atoms with Crippen molar-refractivity contribution in [1.29, 1.82) is 0 Å². The molecule has 0 fully saturated rings. The normalized spacial score (nSPS) is 10.3. The first-order valence-electron chi connectivity index (χ1n) is 5.30. The fourth-order valence-electron chi connectivity index (χ4n) is 1.37. The van der Waals surface area contributed by atoms with Crippen LogP contribution in [0.5, 0.6) is 5.75 Å². The lowest BCUT2D eigenvalue weighted by Gasteiger charge is -2.01. The van der Waals surface area contributed by atoms with Gasteiger partial charge in [-0.25, -0.2) is 4.68 Å². The predicted octanol–water partition coefficient (Wildman–Crippen LogP) is 2.38. The second kappa shape index (κ2) is 5.55. The molecule has 0 saturated carbocycles. The van der Waals surface area contributed by atoms with Gasteiger partial charge in [0.05, 0.1) is 31.1 Å². The molecule has 2 rings (SSSR count). The Bertz CT molecular complexity index is 537. The summed E-state index contributed by atoms with van der Waals surface area (Å²) >= 11 is 5.79. The Balaban J connectivity index is 2.01. The van der Waals surface area contributed by atoms with Gasteiger partial charge in [-0.2, -0.15) is 5.10 Å². The maximum absolute atomic E-state index is 10.3. The van der Waals surface area contributed by atoms with E-state index in [1.807, 2.05) is 12.1 Å². The van der Waals surface area contributed by atoms with E-state index in [0.29, 0.717) is 10.8 Å². The molecule has 0 unspecified atom stereocenters. The topological polar surface area (TPSA) is 64.3 Å². The number of aromatic nitrogens is 2. The SMILES string of the molecule is O=C(O)CCOc1cnn(-c2ccc(Cl)cc2)c1. The fourth-order valence-corrected chi connectivity index (χ4v) is 1.50. The maximum Gasteiger partial charge on any atom is 0.306 e. The van der Waals surface area contributed by atoms with Gasteiger partial charge in [0, 0.05) is 5.02 Å². The summed E-state index contributed by atoms with van der Waals surface area (Å²) < 4.78 is 6.88. The molecule has 0 bridgehead atoms. The van der Waals surface area contributed by atoms with Gasteiger partial charge in [-0.1, -0.05) is 11.6 Å². The van der Waals surface area contributed by atoms with Crippen molar-refractivity contribution >= 4 is 17.6 Å². The number of carbonyl (C=O) groups is 1. The second-order valence-corrected chi connectivity index (χ2v) is 4.03. The Labute approximate surface area is 109 Å². The minimum atomic E-state index is -0.889. The van der Waals surface area contributed by atoms with E-state index < -0.39 is 5.97 Å². The van der Waals surface area contributed by atoms with Crippen LogP contribution in [0.25, 0.3) is 5.69 Å². The van der Waals surface area contributed by atoms with Gasteiger partial charge in [0.1, 0.15) is 0 Å². The molecule has 1 aromatic carbocycles. The summed E-state index contributed by atoms with van der Waals surface area (Å²) in [6, 6.07) is 7.19. The average molecular weight is 267 g/mol. The van der Waals surface area contributed by atoms with E-state index in [0.717, 1.165) is 5.69 Å². The van der Waals surface area contributed by atoms with Crippen molar-refractivity contribution in [3.63, 3.8) is 0 Å². The lowest BCUT2D eigenvalue weighted by molar-refractivity contribution is -0.137. The van der Waals surface area contributed by atoms with Gasteiger partial charge in [0.25, 0.3) is 0 Å². The molecular weight excluding hydrogens is 256 g/mol. The third-order valence-corrected chi connectivity index (χ3v) is 2.49. The number of carboxylic acids is 1. The molecule has 1 aromatic heterocycles. The number of ether oxygens (including phenoxy) is 1. The summed E-state index contributed by atoms with van der Waals surface area (Å²) in [5.41, 5.74) is 0.854. The van der Waals surface area contributed by atoms with E-state index in [9.17, 15) is 4.79 Å². The van der Waals surface area contributed by atoms with Crippen LogP contribution in [0.4, 0.5) is 0 Å². The minimum absolute atomic E-state index is 0.0356. The van der Waals surface area contributed by atoms with Crippen LogP contribution >= 0.6 is 11.6 Å². The fraction of sp³-hybridized carbons (Fsp3) is 0.167. The van der Waals surface area contributed by atoms with Crippen LogP contribution in [-0.4, -0.2) is 27.5 Å². The first kappa shape index (κ1) is 12.4. The third-order valence-electron chi connectivity index (χ3n) is 2.23. The minimum Gasteiger partial charge on any atom is -0.490 e. The summed E-state index contributed by atoms with van der Waals surface area (Å²) in [5.74, 6) is -0.355. The molecule has 0 amide bonds. The van der Waals surface area contributed by atoms with E-state index >= 15 is 0 Å². The highest BCUT2D eigenvalue weighted by atomic mass is 35.5. The monoisotopic (exact) mass is 266 g/mol. The van der Waals surface area contributed by atoms with Crippen molar-refractivity contribution in [1.82, 2.24) is 9.78 Å². The number of carboxylic acid groups (broad SMARTS) is 1. The summed E-state index contributed by atoms with van der Waals surface area (Å²) in [6.07, 6.45) is 3.19. The van der Waals surface area contributed by atoms with E-state index in [2.05, 4.69) is 5.10 Å². The molecule has 5 nitrogen and oxygen atoms in total. The zero-order chi connectivity index (χ0) is 13.0. The number of halogens is 1. The van der Waals surface area contributed by atoms with Gasteiger partial charge in [-0.15, -0.1) is 0 Å². The van der Waals surface area contributed by atoms with Crippen molar-refractivity contribution in [2.45, 2.75) is 6.42 Å². The third kappa shape index (κ3) is 3.24. The number of hydrogen-bond acceptors (Lipinski definition) is 3. The Kier molecular flexibility index (Phi) is 3.84. The number of nitrogens with zero attached hydrogens (tertiary/aromatic N) is 2. The number of aliphatic carboxylic acids is 1. The average Bonchev–Trinajstić information content (AvgIpc) is 2.78. The summed E-state index contributed by atoms with van der Waals surface area (Å²) in [6.45, 7) is 0.127. The van der Waals surface area contributed by atoms with Crippen LogP contribution < -0.4 is 4.74 Å². The lowest BCUT2D eigenvalue weighted by atomic mass is 10.3. The molecule has 18 heavy (non-hydrogen) atoms. The highest BCUT2D eigenvalue weighted by molar-refractivity contribution is 6.30. The molecule has 0 spiro atoms. The van der Waals surface area contributed by atoms with Crippen molar-refractivity contribution < 1.29 is 14.6 Å². The molecule has 0 saturated heterocycles. The molecule has 0 aliphatic rings. The molecule has 0 aliphatic carbocycles. The Morgan fingerprint density at radius 2 is 2.11 bits per heavy atom. The van der Waals surface area contributed by atoms with Crippen LogP contribution in [0, 0.1) is 0 Å². The van der Waals surface area contributed by atoms with Crippen LogP contribution in [0.1, 0.15) is 6.42 Å². The predicted molar refractivity (Wildman–Crippen MR) is 66.3 cm³/mol. The highest BCUT2D eigenvalue weighted by Gasteiger charge is 2.03. The molecule has 0 radical (unpaired) electrons. The summed E-state index contributed by atoms with van der Waals surface area (Å²) in [5, 5.41) is 13.3. The molecule has 1 N–H and O–H groups in total. The van der Waals surface area contributed by atoms with E-state index in [-0.39, 0.29) is 13.0 Å². The van der Waals surface area contributed by atoms with Crippen LogP contribution in [0.15, 0.2) is 36.7 Å². The van der Waals surface area contributed by atoms with E-state index in [1.54, 1.807) is 23.0 Å². The Morgan fingerprint density at radius 1 is 1.39 bits per heavy atom. The van der Waals surface area contributed by atoms with Gasteiger partial charge in [0.15, 0.2) is 5.75 Å². The molecule has 0 atom stereocenters. The number of rotatable bonds is 5. The smallest absolute Gasteiger partial charge is 0.306 e. The Hall–Kier alpha value is -2.01. The number of benzene rings is 1. The van der Waals surface area contributed by atoms with Crippen molar-refractivity contribution in [3.8, 4) is 11.4 Å². The molecule has 94 valence electrons. The highest BCUT2D eigenvalue weighted by Crippen LogP contribution is 2.16. The molecule has 1 heterocycles. The zero-order valence-corrected chi connectivity index (χ0v) is 10.2. The van der Waals surface area contributed by atoms with Gasteiger partial charge in [-0.3, -0.25) is 4.79 Å². The van der Waals surface area contributed by atoms with Gasteiger partial charge in [-0.05, 0) is 24.3 Å². The van der Waals surface area contributed by atoms with Crippen LogP contribution in [0.3, 0.4) is 0 Å². The molecule has 6 heteroatoms. The van der Waals surface area contributed by atoms with Crippen molar-refractivity contribution in [3.05, 3.63) is 41.7 Å². The maximum atomic E-state index is 10.3. The second-order valence-electron chi connectivity index (χ2n) is 3.59. The molecular formula is C12H11ClN2O3. The summed E-state index contributed by atoms with van der Waals surface area (Å²) in [7, 11) is 0. The van der Waals surface area contributed by atoms with E-state index in [1.165, 1.54) is 6.20 Å². The lowest BCUT2D eigenvalue weighted by Crippen LogP contribution is -2.04. The summed E-state index contributed by atoms with van der Waals surface area (Å²) in [4.78, 5) is 10.3. The largest absolute Gasteiger partial charge is 0.490 e. The van der Waals surface area contributed by atoms with Crippen LogP contribution in [-0.2, 0) is 4.79 Å². The van der Waals surface area contributed by atoms with Gasteiger partial charge < -0.3 is 9.84 Å². The Morgan fingerprint density at radius 3 is 2.78 bits per heavy atom. The quantitative estimate of drug-likeness (QED) is 0.902. The van der Waals surface area contributed by atoms with Gasteiger partial charge in [0.2, 0.25) is 0 Å².